The first kappa shape index (κ1) is 26.6. The topological polar surface area (TPSA) is 150 Å². The number of benzene rings is 2. The van der Waals surface area contributed by atoms with Crippen LogP contribution in [0.4, 0.5) is 5.69 Å². The molecule has 0 aliphatic carbocycles. The van der Waals surface area contributed by atoms with Gasteiger partial charge in [0.15, 0.2) is 6.54 Å². The number of nitrogens with zero attached hydrogens (tertiary/aromatic N) is 2. The van der Waals surface area contributed by atoms with Crippen molar-refractivity contribution < 1.29 is 64.0 Å². The van der Waals surface area contributed by atoms with E-state index in [0.717, 1.165) is 25.9 Å². The number of rotatable bonds is 3. The van der Waals surface area contributed by atoms with E-state index in [1.54, 1.807) is 17.4 Å². The van der Waals surface area contributed by atoms with Gasteiger partial charge in [-0.3, -0.25) is 9.35 Å². The summed E-state index contributed by atoms with van der Waals surface area (Å²) in [6.07, 6.45) is 1.96. The molecule has 0 bridgehead atoms. The highest BCUT2D eigenvalue weighted by atomic mass is 127. The molecule has 0 radical (unpaired) electrons. The van der Waals surface area contributed by atoms with E-state index in [9.17, 15) is 22.9 Å². The molecular weight excluding hydrogens is 639 g/mol. The second-order valence-corrected chi connectivity index (χ2v) is 11.0. The second-order valence-electron chi connectivity index (χ2n) is 7.03. The van der Waals surface area contributed by atoms with Crippen molar-refractivity contribution in [3.63, 3.8) is 0 Å². The molecule has 2 aliphatic heterocycles. The van der Waals surface area contributed by atoms with E-state index in [4.69, 9.17) is 12.6 Å². The van der Waals surface area contributed by atoms with Gasteiger partial charge in [0.2, 0.25) is 5.52 Å². The summed E-state index contributed by atoms with van der Waals surface area (Å²) in [6, 6.07) is 12.1. The molecule has 10 nitrogen and oxygen atoms in total. The van der Waals surface area contributed by atoms with Crippen LogP contribution in [0.15, 0.2) is 57.3 Å². The summed E-state index contributed by atoms with van der Waals surface area (Å²) in [5, 5.41) is 11.4. The Morgan fingerprint density at radius 1 is 1.18 bits per heavy atom. The van der Waals surface area contributed by atoms with Crippen molar-refractivity contribution in [1.82, 2.24) is 0 Å². The van der Waals surface area contributed by atoms with Crippen molar-refractivity contribution in [2.45, 2.75) is 28.8 Å². The monoisotopic (exact) mass is 654 g/mol. The maximum absolute atomic E-state index is 11.6. The smallest absolute Gasteiger partial charge is 0.425 e. The molecule has 3 heterocycles. The third kappa shape index (κ3) is 5.44. The average molecular weight is 655 g/mol. The van der Waals surface area contributed by atoms with Crippen LogP contribution >= 0.6 is 23.1 Å². The fourth-order valence-corrected chi connectivity index (χ4v) is 6.76. The molecule has 34 heavy (non-hydrogen) atoms. The molecule has 3 aromatic rings. The molecule has 2 aliphatic rings. The Bertz CT molecular complexity index is 1530. The van der Waals surface area contributed by atoms with Crippen molar-refractivity contribution in [2.24, 2.45) is 0 Å². The minimum atomic E-state index is -4.31. The Morgan fingerprint density at radius 2 is 1.85 bits per heavy atom. The Balaban J connectivity index is 0.000000603. The average Bonchev–Trinajstić information content (AvgIpc) is 3.19. The summed E-state index contributed by atoms with van der Waals surface area (Å²) in [5.74, 6) is -0.897. The number of carboxylic acids is 1. The third-order valence-corrected chi connectivity index (χ3v) is 8.03. The van der Waals surface area contributed by atoms with Gasteiger partial charge in [-0.05, 0) is 24.3 Å². The van der Waals surface area contributed by atoms with Gasteiger partial charge in [0.1, 0.15) is 10.7 Å². The molecule has 1 aromatic heterocycles. The number of fused-ring (bicyclic) bond motifs is 6. The van der Waals surface area contributed by atoms with Crippen LogP contribution in [0.5, 0.6) is 0 Å². The number of para-hydroxylation sites is 1. The van der Waals surface area contributed by atoms with Gasteiger partial charge >= 0.3 is 16.6 Å². The molecule has 0 saturated carbocycles. The minimum Gasteiger partial charge on any atom is -1.00 e. The minimum absolute atomic E-state index is 0. The fourth-order valence-electron chi connectivity index (χ4n) is 3.80. The summed E-state index contributed by atoms with van der Waals surface area (Å²) in [7, 11) is -7.42. The number of hydrogen-bond donors (Lipinski definition) is 2. The first-order chi connectivity index (χ1) is 15.5. The highest BCUT2D eigenvalue weighted by Crippen LogP contribution is 2.50. The van der Waals surface area contributed by atoms with Gasteiger partial charge < -0.3 is 34.0 Å². The van der Waals surface area contributed by atoms with Crippen LogP contribution in [0, 0.1) is 0 Å². The van der Waals surface area contributed by atoms with Crippen LogP contribution in [-0.4, -0.2) is 42.7 Å². The van der Waals surface area contributed by atoms with Crippen molar-refractivity contribution >= 4 is 71.8 Å². The first-order valence-electron chi connectivity index (χ1n) is 9.25. The van der Waals surface area contributed by atoms with Crippen LogP contribution < -0.4 is 33.4 Å². The molecule has 0 spiro atoms. The maximum Gasteiger partial charge on any atom is 0.425 e. The Hall–Kier alpha value is -2.05. The molecular formula is C19H15IN2O8S4. The third-order valence-electron chi connectivity index (χ3n) is 4.99. The zero-order valence-corrected chi connectivity index (χ0v) is 22.3. The predicted octanol–water partition coefficient (Wildman–Crippen LogP) is -0.797. The number of aliphatic carboxylic acids is 1. The fraction of sp³-hybridized carbons (Fsp3) is 0.158. The summed E-state index contributed by atoms with van der Waals surface area (Å²) in [4.78, 5) is 14.1. The number of aromatic nitrogens is 1. The van der Waals surface area contributed by atoms with Crippen LogP contribution in [0.3, 0.4) is 0 Å². The number of carbonyl (C=O) groups is 1. The van der Waals surface area contributed by atoms with Crippen LogP contribution in [0.1, 0.15) is 11.4 Å². The maximum atomic E-state index is 11.6. The zero-order valence-electron chi connectivity index (χ0n) is 16.9. The van der Waals surface area contributed by atoms with Gasteiger partial charge in [0.25, 0.3) is 15.1 Å². The molecule has 1 atom stereocenters. The van der Waals surface area contributed by atoms with E-state index in [-0.39, 0.29) is 41.3 Å². The highest BCUT2D eigenvalue weighted by molar-refractivity contribution is 8.04. The standard InChI is InChI=1S/C19H14N2O5S3.HI.O3S/c22-19(23)7-11-10-20-13-3-1-2-4-15(13)27-17(20)9-18-21(11)14-6-5-12(29(24,25)26)8-16(14)28-18;;1-4(2)3/h1-6,8-9,11H,7,10H2,(H-,22,23,24,25,26);1H;. The van der Waals surface area contributed by atoms with E-state index >= 15 is 0 Å². The van der Waals surface area contributed by atoms with Crippen molar-refractivity contribution in [3.05, 3.63) is 52.5 Å². The highest BCUT2D eigenvalue weighted by Gasteiger charge is 2.39. The van der Waals surface area contributed by atoms with Gasteiger partial charge in [-0.25, -0.2) is 0 Å². The van der Waals surface area contributed by atoms with E-state index in [0.29, 0.717) is 11.4 Å². The summed E-state index contributed by atoms with van der Waals surface area (Å²) in [6.45, 7) is 0.492. The first-order valence-corrected chi connectivity index (χ1v) is 13.3. The number of carboxylic acid groups (broad SMARTS) is 1. The Labute approximate surface area is 220 Å². The lowest BCUT2D eigenvalue weighted by Crippen LogP contribution is -3.00. The van der Waals surface area contributed by atoms with Crippen LogP contribution in [0.25, 0.3) is 16.3 Å². The Kier molecular flexibility index (Phi) is 8.03. The van der Waals surface area contributed by atoms with E-state index in [1.807, 2.05) is 35.2 Å². The lowest BCUT2D eigenvalue weighted by molar-refractivity contribution is -0.670. The number of anilines is 1. The van der Waals surface area contributed by atoms with Crippen molar-refractivity contribution in [3.8, 4) is 0 Å². The number of thioether (sulfide) groups is 1. The quantitative estimate of drug-likeness (QED) is 0.209. The zero-order chi connectivity index (χ0) is 23.9. The molecule has 5 rings (SSSR count). The van der Waals surface area contributed by atoms with Crippen molar-refractivity contribution in [1.29, 1.82) is 0 Å². The molecule has 2 N–H and O–H groups in total. The SMILES string of the molecule is O=C(O)CC1C[n+]2c(sc3ccccc32)C=C2Sc3cc(S(=O)(=O)O)ccc3N21.O=S(=O)=O.[I-]. The van der Waals surface area contributed by atoms with Gasteiger partial charge in [0.05, 0.1) is 28.1 Å². The van der Waals surface area contributed by atoms with Gasteiger partial charge in [-0.15, -0.1) is 12.6 Å². The molecule has 1 unspecified atom stereocenters. The van der Waals surface area contributed by atoms with E-state index in [1.165, 1.54) is 23.9 Å². The van der Waals surface area contributed by atoms with Gasteiger partial charge in [-0.2, -0.15) is 13.0 Å². The molecule has 15 heteroatoms. The lowest BCUT2D eigenvalue weighted by Gasteiger charge is -2.26. The van der Waals surface area contributed by atoms with Gasteiger partial charge in [-0.1, -0.05) is 35.2 Å². The molecule has 2 aromatic carbocycles. The summed E-state index contributed by atoms with van der Waals surface area (Å²) < 4.78 is 61.0. The van der Waals surface area contributed by atoms with Crippen molar-refractivity contribution in [2.75, 3.05) is 4.90 Å². The molecule has 0 saturated heterocycles. The predicted molar refractivity (Wildman–Crippen MR) is 120 cm³/mol. The molecule has 0 amide bonds. The molecule has 0 fully saturated rings. The van der Waals surface area contributed by atoms with E-state index < -0.39 is 26.7 Å². The summed E-state index contributed by atoms with van der Waals surface area (Å²) in [5.41, 5.74) is 1.81. The number of halogens is 1. The molecule has 180 valence electrons. The number of hydrogen-bond acceptors (Lipinski definition) is 9. The Morgan fingerprint density at radius 3 is 2.50 bits per heavy atom. The summed E-state index contributed by atoms with van der Waals surface area (Å²) >= 11 is 3.01. The van der Waals surface area contributed by atoms with Crippen LogP contribution in [-0.2, 0) is 32.1 Å². The van der Waals surface area contributed by atoms with E-state index in [2.05, 4.69) is 4.57 Å². The van der Waals surface area contributed by atoms with Gasteiger partial charge in [0, 0.05) is 11.0 Å². The largest absolute Gasteiger partial charge is 1.00 e. The number of thiazole rings is 1. The normalized spacial score (nSPS) is 16.1. The van der Waals surface area contributed by atoms with Crippen LogP contribution in [0.2, 0.25) is 0 Å². The lowest BCUT2D eigenvalue weighted by atomic mass is 10.1. The second kappa shape index (κ2) is 10.3.